The molecule has 2 atom stereocenters. The molecule has 0 bridgehead atoms. The summed E-state index contributed by atoms with van der Waals surface area (Å²) < 4.78 is 18.4. The Bertz CT molecular complexity index is 1090. The predicted molar refractivity (Wildman–Crippen MR) is 295 cm³/mol. The van der Waals surface area contributed by atoms with Crippen LogP contribution in [-0.2, 0) is 23.8 Å². The van der Waals surface area contributed by atoms with E-state index in [1.54, 1.807) is 0 Å². The Morgan fingerprint density at radius 1 is 0.362 bits per heavy atom. The number of rotatable bonds is 53. The minimum Gasteiger partial charge on any atom is -0.465 e. The van der Waals surface area contributed by atoms with Crippen molar-refractivity contribution in [1.82, 2.24) is 15.1 Å². The molecule has 0 aromatic carbocycles. The second kappa shape index (κ2) is 51.0. The van der Waals surface area contributed by atoms with Gasteiger partial charge in [0.25, 0.3) is 0 Å². The zero-order valence-electron chi connectivity index (χ0n) is 47.5. The molecule has 0 saturated heterocycles. The lowest BCUT2D eigenvalue weighted by Crippen LogP contribution is -2.31. The highest BCUT2D eigenvalue weighted by Gasteiger charge is 2.24. The van der Waals surface area contributed by atoms with Crippen LogP contribution in [0.15, 0.2) is 0 Å². The fraction of sp³-hybridized carbons (Fsp3) is 0.950. The SMILES string of the molecule is CCCCCCCCC(CCCCCCCC)C(=O)OCCCCCCC(CCCCCC(CCCN(C)C)OC(=O)C(CCCCCCCC)CCCCCCCC)OC(=O)NCCCN(C)C. The number of hydrogen-bond donors (Lipinski definition) is 1. The molecule has 1 N–H and O–H groups in total. The summed E-state index contributed by atoms with van der Waals surface area (Å²) in [6, 6.07) is 0. The fourth-order valence-electron chi connectivity index (χ4n) is 9.68. The van der Waals surface area contributed by atoms with Crippen molar-refractivity contribution in [2.24, 2.45) is 11.8 Å². The average Bonchev–Trinajstić information content (AvgIpc) is 3.32. The summed E-state index contributed by atoms with van der Waals surface area (Å²) in [6.45, 7) is 12.1. The number of amides is 1. The number of carbonyl (C=O) groups is 3. The summed E-state index contributed by atoms with van der Waals surface area (Å²) in [6.07, 6.45) is 45.5. The molecule has 9 heteroatoms. The maximum absolute atomic E-state index is 13.9. The summed E-state index contributed by atoms with van der Waals surface area (Å²) in [5, 5.41) is 2.98. The molecule has 0 aromatic heterocycles. The normalized spacial score (nSPS) is 12.6. The minimum atomic E-state index is -0.313. The minimum absolute atomic E-state index is 0.0208. The third-order valence-corrected chi connectivity index (χ3v) is 14.2. The van der Waals surface area contributed by atoms with Crippen LogP contribution in [0.25, 0.3) is 0 Å². The third-order valence-electron chi connectivity index (χ3n) is 14.2. The Morgan fingerprint density at radius 2 is 0.681 bits per heavy atom. The van der Waals surface area contributed by atoms with E-state index in [0.717, 1.165) is 148 Å². The van der Waals surface area contributed by atoms with Gasteiger partial charge in [0.05, 0.1) is 18.4 Å². The highest BCUT2D eigenvalue weighted by atomic mass is 16.6. The van der Waals surface area contributed by atoms with Crippen molar-refractivity contribution in [2.75, 3.05) is 54.4 Å². The number of alkyl carbamates (subject to hydrolysis) is 1. The highest BCUT2D eigenvalue weighted by molar-refractivity contribution is 5.73. The van der Waals surface area contributed by atoms with E-state index in [0.29, 0.717) is 13.2 Å². The molecule has 0 aliphatic heterocycles. The van der Waals surface area contributed by atoms with E-state index in [2.05, 4.69) is 56.9 Å². The fourth-order valence-corrected chi connectivity index (χ4v) is 9.68. The van der Waals surface area contributed by atoms with Crippen LogP contribution in [0.5, 0.6) is 0 Å². The molecule has 1 amide bonds. The van der Waals surface area contributed by atoms with Crippen molar-refractivity contribution >= 4 is 18.0 Å². The van der Waals surface area contributed by atoms with Gasteiger partial charge in [-0.05, 0) is 131 Å². The summed E-state index contributed by atoms with van der Waals surface area (Å²) >= 11 is 0. The van der Waals surface area contributed by atoms with Gasteiger partial charge in [-0.25, -0.2) is 4.79 Å². The average molecular weight is 979 g/mol. The second-order valence-corrected chi connectivity index (χ2v) is 21.7. The van der Waals surface area contributed by atoms with Gasteiger partial charge in [-0.15, -0.1) is 0 Å². The maximum Gasteiger partial charge on any atom is 0.407 e. The number of nitrogens with one attached hydrogen (secondary N) is 1. The molecule has 0 fully saturated rings. The molecule has 69 heavy (non-hydrogen) atoms. The molecule has 410 valence electrons. The van der Waals surface area contributed by atoms with Crippen molar-refractivity contribution in [1.29, 1.82) is 0 Å². The summed E-state index contributed by atoms with van der Waals surface area (Å²) in [4.78, 5) is 44.4. The van der Waals surface area contributed by atoms with Crippen LogP contribution in [0, 0.1) is 11.8 Å². The van der Waals surface area contributed by atoms with Crippen LogP contribution in [-0.4, -0.2) is 94.5 Å². The van der Waals surface area contributed by atoms with Crippen LogP contribution in [0.2, 0.25) is 0 Å². The molecular formula is C60H119N3O6. The van der Waals surface area contributed by atoms with E-state index in [4.69, 9.17) is 14.2 Å². The molecule has 9 nitrogen and oxygen atoms in total. The molecule has 0 rings (SSSR count). The van der Waals surface area contributed by atoms with E-state index in [1.165, 1.54) is 128 Å². The lowest BCUT2D eigenvalue weighted by atomic mass is 9.94. The zero-order valence-corrected chi connectivity index (χ0v) is 47.5. The van der Waals surface area contributed by atoms with Gasteiger partial charge in [-0.1, -0.05) is 201 Å². The van der Waals surface area contributed by atoms with E-state index in [1.807, 2.05) is 14.1 Å². The standard InChI is InChI=1S/C60H119N3O6/c1-9-13-17-21-25-32-42-54(43-33-26-22-18-14-10-2)58(64)67-53-39-30-29-36-47-57(69-60(66)61-50-41-52-63(7)8)48-38-31-37-46-56(49-40-51-62(5)6)68-59(65)55(44-34-27-23-19-15-11-3)45-35-28-24-20-16-12-4/h54-57H,9-53H2,1-8H3,(H,61,66). The first-order chi connectivity index (χ1) is 33.6. The lowest BCUT2D eigenvalue weighted by molar-refractivity contribution is -0.155. The summed E-state index contributed by atoms with van der Waals surface area (Å²) in [5.74, 6) is 0.139. The van der Waals surface area contributed by atoms with Gasteiger partial charge in [0.2, 0.25) is 0 Å². The van der Waals surface area contributed by atoms with Gasteiger partial charge >= 0.3 is 18.0 Å². The molecular weight excluding hydrogens is 859 g/mol. The Kier molecular flexibility index (Phi) is 49.7. The Morgan fingerprint density at radius 3 is 1.10 bits per heavy atom. The Hall–Kier alpha value is -1.87. The summed E-state index contributed by atoms with van der Waals surface area (Å²) in [5.41, 5.74) is 0. The Balaban J connectivity index is 5.25. The molecule has 0 aliphatic carbocycles. The predicted octanol–water partition coefficient (Wildman–Crippen LogP) is 17.0. The van der Waals surface area contributed by atoms with E-state index in [9.17, 15) is 14.4 Å². The van der Waals surface area contributed by atoms with E-state index >= 15 is 0 Å². The Labute approximate surface area is 429 Å². The van der Waals surface area contributed by atoms with Crippen molar-refractivity contribution in [3.05, 3.63) is 0 Å². The van der Waals surface area contributed by atoms with Crippen molar-refractivity contribution in [3.63, 3.8) is 0 Å². The van der Waals surface area contributed by atoms with Crippen LogP contribution in [0.1, 0.15) is 291 Å². The van der Waals surface area contributed by atoms with Crippen LogP contribution in [0.4, 0.5) is 4.79 Å². The number of unbranched alkanes of at least 4 members (excludes halogenated alkanes) is 25. The van der Waals surface area contributed by atoms with Crippen LogP contribution >= 0.6 is 0 Å². The quantitative estimate of drug-likeness (QED) is 0.0366. The first-order valence-electron chi connectivity index (χ1n) is 30.2. The molecule has 0 aliphatic rings. The van der Waals surface area contributed by atoms with Crippen molar-refractivity contribution in [3.8, 4) is 0 Å². The zero-order chi connectivity index (χ0) is 50.8. The first-order valence-corrected chi connectivity index (χ1v) is 30.2. The topological polar surface area (TPSA) is 97.4 Å². The smallest absolute Gasteiger partial charge is 0.407 e. The van der Waals surface area contributed by atoms with Crippen LogP contribution in [0.3, 0.4) is 0 Å². The maximum atomic E-state index is 13.9. The molecule has 2 unspecified atom stereocenters. The van der Waals surface area contributed by atoms with Gasteiger partial charge in [-0.3, -0.25) is 9.59 Å². The number of carbonyl (C=O) groups excluding carboxylic acids is 3. The van der Waals surface area contributed by atoms with E-state index in [-0.39, 0.29) is 42.1 Å². The number of esters is 2. The summed E-state index contributed by atoms with van der Waals surface area (Å²) in [7, 11) is 8.32. The van der Waals surface area contributed by atoms with Gasteiger partial charge in [0, 0.05) is 6.54 Å². The van der Waals surface area contributed by atoms with Gasteiger partial charge < -0.3 is 29.3 Å². The highest BCUT2D eigenvalue weighted by Crippen LogP contribution is 2.25. The molecule has 0 radical (unpaired) electrons. The number of ether oxygens (including phenoxy) is 3. The van der Waals surface area contributed by atoms with Gasteiger partial charge in [0.1, 0.15) is 12.2 Å². The van der Waals surface area contributed by atoms with Gasteiger partial charge in [-0.2, -0.15) is 0 Å². The molecule has 0 saturated carbocycles. The largest absolute Gasteiger partial charge is 0.465 e. The molecule has 0 spiro atoms. The number of nitrogens with zero attached hydrogens (tertiary/aromatic N) is 2. The third kappa shape index (κ3) is 45.7. The molecule has 0 aromatic rings. The lowest BCUT2D eigenvalue weighted by Gasteiger charge is -2.23. The van der Waals surface area contributed by atoms with Gasteiger partial charge in [0.15, 0.2) is 0 Å². The monoisotopic (exact) mass is 978 g/mol. The molecule has 0 heterocycles. The number of hydrogen-bond acceptors (Lipinski definition) is 8. The van der Waals surface area contributed by atoms with Crippen molar-refractivity contribution < 1.29 is 28.6 Å². The van der Waals surface area contributed by atoms with Crippen molar-refractivity contribution in [2.45, 2.75) is 303 Å². The van der Waals surface area contributed by atoms with Crippen LogP contribution < -0.4 is 5.32 Å². The second-order valence-electron chi connectivity index (χ2n) is 21.7. The van der Waals surface area contributed by atoms with E-state index < -0.39 is 0 Å². The first kappa shape index (κ1) is 67.1.